The van der Waals surface area contributed by atoms with Crippen molar-refractivity contribution in [3.63, 3.8) is 0 Å². The number of fused-ring (bicyclic) bond motifs is 1. The average molecular weight is 479 g/mol. The van der Waals surface area contributed by atoms with Gasteiger partial charge in [-0.05, 0) is 64.2 Å². The number of benzene rings is 2. The Hall–Kier alpha value is -1.18. The molecule has 26 heavy (non-hydrogen) atoms. The highest BCUT2D eigenvalue weighted by molar-refractivity contribution is 14.1. The molecule has 1 saturated heterocycles. The summed E-state index contributed by atoms with van der Waals surface area (Å²) in [5.74, 6) is 1.19. The lowest BCUT2D eigenvalue weighted by Gasteiger charge is -2.30. The molecule has 5 heteroatoms. The highest BCUT2D eigenvalue weighted by Gasteiger charge is 2.37. The molecule has 2 atom stereocenters. The first-order valence-corrected chi connectivity index (χ1v) is 11.9. The van der Waals surface area contributed by atoms with Gasteiger partial charge in [0.05, 0.1) is 0 Å². The van der Waals surface area contributed by atoms with Crippen molar-refractivity contribution in [1.82, 2.24) is 5.32 Å². The number of nitrogens with zero attached hydrogens (tertiary/aromatic N) is 1. The maximum Gasteiger partial charge on any atom is 0.141 e. The molecule has 0 aliphatic carbocycles. The van der Waals surface area contributed by atoms with Crippen LogP contribution in [0.4, 0.5) is 11.4 Å². The molecular formula is C21H26IN3S. The number of rotatable bonds is 4. The van der Waals surface area contributed by atoms with Crippen LogP contribution in [0.5, 0.6) is 0 Å². The second-order valence-electron chi connectivity index (χ2n) is 6.72. The van der Waals surface area contributed by atoms with Gasteiger partial charge in [-0.3, -0.25) is 0 Å². The van der Waals surface area contributed by atoms with Crippen LogP contribution in [0.3, 0.4) is 0 Å². The van der Waals surface area contributed by atoms with E-state index in [4.69, 9.17) is 0 Å². The summed E-state index contributed by atoms with van der Waals surface area (Å²) < 4.78 is 0.00272. The molecule has 0 aromatic heterocycles. The van der Waals surface area contributed by atoms with E-state index in [1.807, 2.05) is 0 Å². The third-order valence-electron chi connectivity index (χ3n) is 5.09. The Morgan fingerprint density at radius 2 is 1.85 bits per heavy atom. The van der Waals surface area contributed by atoms with Crippen LogP contribution >= 0.6 is 33.5 Å². The fourth-order valence-corrected chi connectivity index (χ4v) is 8.33. The highest BCUT2D eigenvalue weighted by atomic mass is 127. The largest absolute Gasteiger partial charge is 0.369 e. The van der Waals surface area contributed by atoms with E-state index in [2.05, 4.69) is 106 Å². The SMILES string of the molecule is CC[SH]1c2ccccc2NC1(I)C=Cc1ccc(N2CCNCC2)cc1. The van der Waals surface area contributed by atoms with Gasteiger partial charge in [-0.1, -0.05) is 37.3 Å². The third kappa shape index (κ3) is 3.62. The lowest BCUT2D eigenvalue weighted by molar-refractivity contribution is 0.589. The van der Waals surface area contributed by atoms with E-state index >= 15 is 0 Å². The number of anilines is 2. The van der Waals surface area contributed by atoms with Crippen molar-refractivity contribution in [2.45, 2.75) is 14.7 Å². The van der Waals surface area contributed by atoms with Crippen LogP contribution in [0.1, 0.15) is 12.5 Å². The van der Waals surface area contributed by atoms with Crippen molar-refractivity contribution in [3.05, 3.63) is 60.2 Å². The smallest absolute Gasteiger partial charge is 0.141 e. The summed E-state index contributed by atoms with van der Waals surface area (Å²) in [5.41, 5.74) is 3.90. The van der Waals surface area contributed by atoms with Gasteiger partial charge in [0.15, 0.2) is 0 Å². The summed E-state index contributed by atoms with van der Waals surface area (Å²) >= 11 is 2.61. The summed E-state index contributed by atoms with van der Waals surface area (Å²) in [5, 5.41) is 7.17. The first-order chi connectivity index (χ1) is 12.7. The fraction of sp³-hybridized carbons (Fsp3) is 0.333. The summed E-state index contributed by atoms with van der Waals surface area (Å²) in [6.45, 7) is 6.64. The fourth-order valence-electron chi connectivity index (χ4n) is 3.70. The molecule has 2 aromatic carbocycles. The molecule has 0 amide bonds. The summed E-state index contributed by atoms with van der Waals surface area (Å²) in [7, 11) is -0.243. The molecule has 2 aliphatic rings. The van der Waals surface area contributed by atoms with Crippen molar-refractivity contribution < 1.29 is 0 Å². The van der Waals surface area contributed by atoms with E-state index in [9.17, 15) is 0 Å². The van der Waals surface area contributed by atoms with Crippen molar-refractivity contribution in [1.29, 1.82) is 0 Å². The lowest BCUT2D eigenvalue weighted by Crippen LogP contribution is -2.43. The van der Waals surface area contributed by atoms with E-state index in [-0.39, 0.29) is 13.8 Å². The van der Waals surface area contributed by atoms with Gasteiger partial charge in [0.25, 0.3) is 0 Å². The first-order valence-electron chi connectivity index (χ1n) is 9.28. The molecule has 2 aliphatic heterocycles. The summed E-state index contributed by atoms with van der Waals surface area (Å²) in [6, 6.07) is 17.8. The van der Waals surface area contributed by atoms with Crippen LogP contribution in [0.25, 0.3) is 6.08 Å². The van der Waals surface area contributed by atoms with Crippen LogP contribution < -0.4 is 15.5 Å². The topological polar surface area (TPSA) is 27.3 Å². The maximum atomic E-state index is 3.76. The molecule has 1 fully saturated rings. The lowest BCUT2D eigenvalue weighted by atomic mass is 10.1. The quantitative estimate of drug-likeness (QED) is 0.257. The minimum atomic E-state index is -0.243. The van der Waals surface area contributed by atoms with Crippen molar-refractivity contribution in [2.75, 3.05) is 42.1 Å². The molecule has 2 unspecified atom stereocenters. The number of hydrogen-bond donors (Lipinski definition) is 3. The van der Waals surface area contributed by atoms with E-state index < -0.39 is 0 Å². The Labute approximate surface area is 172 Å². The number of thiol groups is 1. The van der Waals surface area contributed by atoms with Crippen molar-refractivity contribution >= 4 is 50.9 Å². The number of piperazine rings is 1. The minimum absolute atomic E-state index is 0.00272. The van der Waals surface area contributed by atoms with E-state index in [0.717, 1.165) is 26.2 Å². The second kappa shape index (κ2) is 7.82. The standard InChI is InChI=1S/C21H26IN3S/c1-2-26-20-6-4-3-5-19(20)24-21(26,22)12-11-17-7-9-18(10-8-17)25-15-13-23-14-16-25/h3-12,23-24,26H,2,13-16H2,1H3. The van der Waals surface area contributed by atoms with Gasteiger partial charge >= 0.3 is 0 Å². The Kier molecular flexibility index (Phi) is 5.47. The average Bonchev–Trinajstić information content (AvgIpc) is 2.99. The van der Waals surface area contributed by atoms with Crippen LogP contribution in [0, 0.1) is 0 Å². The Morgan fingerprint density at radius 3 is 2.58 bits per heavy atom. The van der Waals surface area contributed by atoms with Crippen molar-refractivity contribution in [2.24, 2.45) is 0 Å². The number of halogens is 1. The zero-order chi connectivity index (χ0) is 18.0. The van der Waals surface area contributed by atoms with Gasteiger partial charge in [0, 0.05) is 42.4 Å². The third-order valence-corrected chi connectivity index (χ3v) is 10.1. The predicted octanol–water partition coefficient (Wildman–Crippen LogP) is 4.70. The number of nitrogens with one attached hydrogen (secondary N) is 2. The molecule has 0 radical (unpaired) electrons. The molecule has 0 bridgehead atoms. The second-order valence-corrected chi connectivity index (χ2v) is 12.0. The molecule has 0 saturated carbocycles. The normalized spacial score (nSPS) is 26.7. The van der Waals surface area contributed by atoms with E-state index in [1.54, 1.807) is 0 Å². The number of para-hydroxylation sites is 1. The van der Waals surface area contributed by atoms with Gasteiger partial charge in [0.1, 0.15) is 2.88 Å². The summed E-state index contributed by atoms with van der Waals surface area (Å²) in [4.78, 5) is 3.95. The molecule has 138 valence electrons. The zero-order valence-corrected chi connectivity index (χ0v) is 18.1. The molecule has 2 aromatic rings. The van der Waals surface area contributed by atoms with Crippen LogP contribution in [0.15, 0.2) is 59.5 Å². The summed E-state index contributed by atoms with van der Waals surface area (Å²) in [6.07, 6.45) is 4.64. The molecule has 3 nitrogen and oxygen atoms in total. The maximum absolute atomic E-state index is 3.76. The zero-order valence-electron chi connectivity index (χ0n) is 15.1. The van der Waals surface area contributed by atoms with Gasteiger partial charge in [-0.2, -0.15) is 10.9 Å². The Balaban J connectivity index is 1.50. The highest BCUT2D eigenvalue weighted by Crippen LogP contribution is 2.60. The van der Waals surface area contributed by atoms with Crippen LogP contribution in [0.2, 0.25) is 0 Å². The van der Waals surface area contributed by atoms with Crippen LogP contribution in [-0.4, -0.2) is 34.8 Å². The van der Waals surface area contributed by atoms with Gasteiger partial charge < -0.3 is 15.5 Å². The molecule has 2 heterocycles. The molecule has 0 spiro atoms. The molecule has 2 N–H and O–H groups in total. The van der Waals surface area contributed by atoms with Crippen LogP contribution in [-0.2, 0) is 0 Å². The predicted molar refractivity (Wildman–Crippen MR) is 125 cm³/mol. The van der Waals surface area contributed by atoms with Gasteiger partial charge in [-0.15, -0.1) is 0 Å². The first kappa shape index (κ1) is 18.2. The Bertz CT molecular complexity index is 786. The van der Waals surface area contributed by atoms with E-state index in [0.29, 0.717) is 0 Å². The van der Waals surface area contributed by atoms with Gasteiger partial charge in [-0.25, -0.2) is 0 Å². The monoisotopic (exact) mass is 479 g/mol. The number of hydrogen-bond acceptors (Lipinski definition) is 3. The van der Waals surface area contributed by atoms with Gasteiger partial charge in [0.2, 0.25) is 0 Å². The van der Waals surface area contributed by atoms with Crippen molar-refractivity contribution in [3.8, 4) is 0 Å². The van der Waals surface area contributed by atoms with E-state index in [1.165, 1.54) is 27.6 Å². The Morgan fingerprint density at radius 1 is 1.12 bits per heavy atom. The molecular weight excluding hydrogens is 453 g/mol. The minimum Gasteiger partial charge on any atom is -0.369 e. The number of alkyl halides is 1. The molecule has 4 rings (SSSR count).